The highest BCUT2D eigenvalue weighted by atomic mass is 16.6. The smallest absolute Gasteiger partial charge is 0.343 e. The van der Waals surface area contributed by atoms with E-state index in [4.69, 9.17) is 18.6 Å². The molecule has 1 aromatic carbocycles. The summed E-state index contributed by atoms with van der Waals surface area (Å²) < 4.78 is 20.9. The van der Waals surface area contributed by atoms with E-state index in [1.54, 1.807) is 24.3 Å². The van der Waals surface area contributed by atoms with Crippen LogP contribution in [0.3, 0.4) is 0 Å². The summed E-state index contributed by atoms with van der Waals surface area (Å²) >= 11 is 0. The van der Waals surface area contributed by atoms with Crippen LogP contribution in [0.2, 0.25) is 0 Å². The van der Waals surface area contributed by atoms with E-state index >= 15 is 0 Å². The van der Waals surface area contributed by atoms with Crippen molar-refractivity contribution in [1.82, 2.24) is 5.32 Å². The van der Waals surface area contributed by atoms with E-state index in [0.29, 0.717) is 28.4 Å². The molecule has 0 saturated carbocycles. The van der Waals surface area contributed by atoms with E-state index in [2.05, 4.69) is 5.32 Å². The summed E-state index contributed by atoms with van der Waals surface area (Å²) in [6, 6.07) is 6.91. The average molecular weight is 331 g/mol. The molecule has 1 aliphatic heterocycles. The Labute approximate surface area is 138 Å². The predicted molar refractivity (Wildman–Crippen MR) is 82.9 cm³/mol. The first-order valence-corrected chi connectivity index (χ1v) is 7.39. The van der Waals surface area contributed by atoms with Crippen molar-refractivity contribution in [2.24, 2.45) is 0 Å². The monoisotopic (exact) mass is 331 g/mol. The second-order valence-corrected chi connectivity index (χ2v) is 5.22. The standard InChI is InChI=1S/C17H17NO6/c1-21-12-6-5-11-13(24-17(20)15(11)16(12)22-2)8-14(19)18-9-10-4-3-7-23-10/h3-7,13H,8-9H2,1-2H3,(H,18,19). The van der Waals surface area contributed by atoms with Crippen molar-refractivity contribution in [3.05, 3.63) is 47.4 Å². The predicted octanol–water partition coefficient (Wildman–Crippen LogP) is 2.21. The highest BCUT2D eigenvalue weighted by Gasteiger charge is 2.36. The molecule has 0 bridgehead atoms. The quantitative estimate of drug-likeness (QED) is 0.817. The molecule has 7 nitrogen and oxygen atoms in total. The van der Waals surface area contributed by atoms with Crippen LogP contribution in [0.5, 0.6) is 11.5 Å². The number of fused-ring (bicyclic) bond motifs is 1. The molecule has 1 amide bonds. The van der Waals surface area contributed by atoms with E-state index in [-0.39, 0.29) is 18.9 Å². The molecular weight excluding hydrogens is 314 g/mol. The van der Waals surface area contributed by atoms with Crippen molar-refractivity contribution in [3.8, 4) is 11.5 Å². The first-order chi connectivity index (χ1) is 11.6. The zero-order valence-electron chi connectivity index (χ0n) is 13.3. The Morgan fingerprint density at radius 2 is 2.08 bits per heavy atom. The minimum atomic E-state index is -0.649. The van der Waals surface area contributed by atoms with Crippen molar-refractivity contribution < 1.29 is 28.2 Å². The fourth-order valence-corrected chi connectivity index (χ4v) is 2.66. The van der Waals surface area contributed by atoms with Crippen molar-refractivity contribution in [3.63, 3.8) is 0 Å². The molecule has 1 aromatic heterocycles. The van der Waals surface area contributed by atoms with Gasteiger partial charge in [0.2, 0.25) is 5.91 Å². The number of furan rings is 1. The lowest BCUT2D eigenvalue weighted by Gasteiger charge is -2.12. The Bertz CT molecular complexity index is 753. The maximum atomic E-state index is 12.1. The lowest BCUT2D eigenvalue weighted by Crippen LogP contribution is -2.24. The van der Waals surface area contributed by atoms with Gasteiger partial charge >= 0.3 is 5.97 Å². The number of ether oxygens (including phenoxy) is 3. The number of cyclic esters (lactones) is 1. The fraction of sp³-hybridized carbons (Fsp3) is 0.294. The first kappa shape index (κ1) is 15.9. The number of carbonyl (C=O) groups excluding carboxylic acids is 2. The molecule has 0 fully saturated rings. The van der Waals surface area contributed by atoms with E-state index in [0.717, 1.165) is 0 Å². The van der Waals surface area contributed by atoms with Gasteiger partial charge in [-0.3, -0.25) is 4.79 Å². The molecule has 1 N–H and O–H groups in total. The van der Waals surface area contributed by atoms with Gasteiger partial charge in [0, 0.05) is 5.56 Å². The van der Waals surface area contributed by atoms with Gasteiger partial charge in [0.15, 0.2) is 11.5 Å². The van der Waals surface area contributed by atoms with Gasteiger partial charge in [-0.05, 0) is 18.2 Å². The minimum Gasteiger partial charge on any atom is -0.493 e. The highest BCUT2D eigenvalue weighted by Crippen LogP contribution is 2.42. The third-order valence-corrected chi connectivity index (χ3v) is 3.79. The SMILES string of the molecule is COc1ccc2c(c1OC)C(=O)OC2CC(=O)NCc1ccco1. The number of amides is 1. The Morgan fingerprint density at radius 1 is 1.25 bits per heavy atom. The van der Waals surface area contributed by atoms with Crippen molar-refractivity contribution >= 4 is 11.9 Å². The topological polar surface area (TPSA) is 87.0 Å². The summed E-state index contributed by atoms with van der Waals surface area (Å²) in [6.07, 6.45) is 0.911. The number of hydrogen-bond donors (Lipinski definition) is 1. The molecule has 0 radical (unpaired) electrons. The third-order valence-electron chi connectivity index (χ3n) is 3.79. The van der Waals surface area contributed by atoms with Crippen molar-refractivity contribution in [2.75, 3.05) is 14.2 Å². The molecule has 0 spiro atoms. The second kappa shape index (κ2) is 6.66. The Balaban J connectivity index is 1.73. The number of benzene rings is 1. The molecule has 24 heavy (non-hydrogen) atoms. The van der Waals surface area contributed by atoms with Gasteiger partial charge in [-0.2, -0.15) is 0 Å². The lowest BCUT2D eigenvalue weighted by molar-refractivity contribution is -0.123. The summed E-state index contributed by atoms with van der Waals surface area (Å²) in [5.74, 6) is 0.643. The number of nitrogens with one attached hydrogen (secondary N) is 1. The van der Waals surface area contributed by atoms with E-state index in [1.807, 2.05) is 0 Å². The van der Waals surface area contributed by atoms with E-state index in [1.165, 1.54) is 20.5 Å². The number of rotatable bonds is 6. The molecule has 7 heteroatoms. The van der Waals surface area contributed by atoms with Gasteiger partial charge in [0.05, 0.1) is 33.4 Å². The lowest BCUT2D eigenvalue weighted by atomic mass is 10.0. The highest BCUT2D eigenvalue weighted by molar-refractivity contribution is 5.98. The van der Waals surface area contributed by atoms with Crippen LogP contribution in [0.1, 0.15) is 34.2 Å². The van der Waals surface area contributed by atoms with E-state index < -0.39 is 12.1 Å². The fourth-order valence-electron chi connectivity index (χ4n) is 2.66. The van der Waals surface area contributed by atoms with Gasteiger partial charge < -0.3 is 23.9 Å². The van der Waals surface area contributed by atoms with Crippen LogP contribution in [-0.4, -0.2) is 26.1 Å². The molecule has 0 aliphatic carbocycles. The summed E-state index contributed by atoms with van der Waals surface area (Å²) in [5, 5.41) is 2.73. The average Bonchev–Trinajstić information content (AvgIpc) is 3.21. The van der Waals surface area contributed by atoms with Gasteiger partial charge in [-0.15, -0.1) is 0 Å². The second-order valence-electron chi connectivity index (χ2n) is 5.22. The Kier molecular flexibility index (Phi) is 4.41. The van der Waals surface area contributed by atoms with Gasteiger partial charge in [-0.25, -0.2) is 4.79 Å². The summed E-state index contributed by atoms with van der Waals surface area (Å²) in [5.41, 5.74) is 0.923. The molecule has 2 aromatic rings. The Morgan fingerprint density at radius 3 is 2.75 bits per heavy atom. The summed E-state index contributed by atoms with van der Waals surface area (Å²) in [7, 11) is 2.94. The molecule has 1 aliphatic rings. The van der Waals surface area contributed by atoms with Crippen LogP contribution >= 0.6 is 0 Å². The third kappa shape index (κ3) is 2.92. The summed E-state index contributed by atoms with van der Waals surface area (Å²) in [6.45, 7) is 0.283. The van der Waals surface area contributed by atoms with Crippen LogP contribution in [-0.2, 0) is 16.1 Å². The van der Waals surface area contributed by atoms with Crippen LogP contribution < -0.4 is 14.8 Å². The first-order valence-electron chi connectivity index (χ1n) is 7.39. The molecule has 2 heterocycles. The van der Waals surface area contributed by atoms with Gasteiger partial charge in [0.1, 0.15) is 17.4 Å². The number of hydrogen-bond acceptors (Lipinski definition) is 6. The zero-order valence-corrected chi connectivity index (χ0v) is 13.3. The maximum absolute atomic E-state index is 12.1. The molecular formula is C17H17NO6. The van der Waals surface area contributed by atoms with Gasteiger partial charge in [-0.1, -0.05) is 6.07 Å². The largest absolute Gasteiger partial charge is 0.493 e. The number of methoxy groups -OCH3 is 2. The van der Waals surface area contributed by atoms with Crippen molar-refractivity contribution in [1.29, 1.82) is 0 Å². The maximum Gasteiger partial charge on any atom is 0.343 e. The van der Waals surface area contributed by atoms with Crippen LogP contribution in [0.4, 0.5) is 0 Å². The summed E-state index contributed by atoms with van der Waals surface area (Å²) in [4.78, 5) is 24.2. The Hall–Kier alpha value is -2.96. The van der Waals surface area contributed by atoms with Gasteiger partial charge in [0.25, 0.3) is 0 Å². The molecule has 0 saturated heterocycles. The van der Waals surface area contributed by atoms with Crippen molar-refractivity contribution in [2.45, 2.75) is 19.1 Å². The normalized spacial score (nSPS) is 15.6. The zero-order chi connectivity index (χ0) is 17.1. The molecule has 1 atom stereocenters. The van der Waals surface area contributed by atoms with Crippen LogP contribution in [0.15, 0.2) is 34.9 Å². The molecule has 3 rings (SSSR count). The van der Waals surface area contributed by atoms with E-state index in [9.17, 15) is 9.59 Å². The van der Waals surface area contributed by atoms with Crippen LogP contribution in [0, 0.1) is 0 Å². The molecule has 126 valence electrons. The number of esters is 1. The number of carbonyl (C=O) groups is 2. The molecule has 1 unspecified atom stereocenters. The van der Waals surface area contributed by atoms with Crippen LogP contribution in [0.25, 0.3) is 0 Å². The minimum absolute atomic E-state index is 0.0227.